The van der Waals surface area contributed by atoms with Crippen LogP contribution in [0.3, 0.4) is 0 Å². The number of rotatable bonds is 3. The monoisotopic (exact) mass is 303 g/mol. The van der Waals surface area contributed by atoms with E-state index in [2.05, 4.69) is 10.3 Å². The van der Waals surface area contributed by atoms with E-state index >= 15 is 0 Å². The summed E-state index contributed by atoms with van der Waals surface area (Å²) in [6.07, 6.45) is 1.77. The molecule has 0 spiro atoms. The summed E-state index contributed by atoms with van der Waals surface area (Å²) in [5.74, 6) is -0.279. The van der Waals surface area contributed by atoms with Crippen LogP contribution in [0.1, 0.15) is 5.56 Å². The zero-order chi connectivity index (χ0) is 15.1. The highest BCUT2D eigenvalue weighted by molar-refractivity contribution is 8.13. The third-order valence-corrected chi connectivity index (χ3v) is 3.47. The molecule has 2 aromatic carbocycles. The Morgan fingerprint density at radius 1 is 1.14 bits per heavy atom. The molecular weight excluding hydrogens is 292 g/mol. The Hall–Kier alpha value is -2.39. The van der Waals surface area contributed by atoms with Crippen LogP contribution in [0.15, 0.2) is 53.5 Å². The molecule has 1 N–H and O–H groups in total. The average molecular weight is 303 g/mol. The van der Waals surface area contributed by atoms with E-state index in [1.165, 1.54) is 36.0 Å². The minimum absolute atomic E-state index is 0.154. The first-order valence-electron chi connectivity index (χ1n) is 6.04. The molecule has 0 bridgehead atoms. The highest BCUT2D eigenvalue weighted by Gasteiger charge is 2.04. The summed E-state index contributed by atoms with van der Waals surface area (Å²) in [6, 6.07) is 12.1. The first-order valence-corrected chi connectivity index (χ1v) is 7.03. The summed E-state index contributed by atoms with van der Waals surface area (Å²) >= 11 is 1.24. The van der Waals surface area contributed by atoms with Gasteiger partial charge in [0.05, 0.1) is 0 Å². The molecule has 0 aliphatic heterocycles. The van der Waals surface area contributed by atoms with E-state index in [4.69, 9.17) is 5.26 Å². The number of aliphatic imine (C=N–C) groups is 1. The predicted molar refractivity (Wildman–Crippen MR) is 79.9 cm³/mol. The highest BCUT2D eigenvalue weighted by atomic mass is 32.2. The molecule has 2 aromatic rings. The Labute approximate surface area is 125 Å². The molecule has 0 unspecified atom stereocenters. The minimum atomic E-state index is -0.461. The zero-order valence-corrected chi connectivity index (χ0v) is 11.7. The number of nitrogens with one attached hydrogen (secondary N) is 1. The predicted octanol–water partition coefficient (Wildman–Crippen LogP) is 3.96. The maximum Gasteiger partial charge on any atom is 0.183 e. The Bertz CT molecular complexity index is 678. The molecule has 6 heteroatoms. The number of para-hydroxylation sites is 1. The van der Waals surface area contributed by atoms with E-state index < -0.39 is 5.82 Å². The van der Waals surface area contributed by atoms with Gasteiger partial charge in [0.2, 0.25) is 0 Å². The van der Waals surface area contributed by atoms with Gasteiger partial charge in [-0.2, -0.15) is 5.26 Å². The lowest BCUT2D eigenvalue weighted by atomic mass is 10.2. The lowest BCUT2D eigenvalue weighted by molar-refractivity contribution is 0.627. The van der Waals surface area contributed by atoms with Gasteiger partial charge in [0.25, 0.3) is 0 Å². The van der Waals surface area contributed by atoms with Gasteiger partial charge in [-0.05, 0) is 29.8 Å². The van der Waals surface area contributed by atoms with Gasteiger partial charge in [0.15, 0.2) is 11.4 Å². The van der Waals surface area contributed by atoms with Crippen LogP contribution in [0, 0.1) is 23.1 Å². The fraction of sp³-hybridized carbons (Fsp3) is 0.0667. The van der Waals surface area contributed by atoms with E-state index in [0.717, 1.165) is 5.56 Å². The van der Waals surface area contributed by atoms with Crippen molar-refractivity contribution in [2.24, 2.45) is 4.99 Å². The van der Waals surface area contributed by atoms with Crippen molar-refractivity contribution in [3.8, 4) is 6.19 Å². The minimum Gasteiger partial charge on any atom is -0.271 e. The van der Waals surface area contributed by atoms with Crippen molar-refractivity contribution in [2.75, 3.05) is 0 Å². The van der Waals surface area contributed by atoms with Gasteiger partial charge < -0.3 is 0 Å². The highest BCUT2D eigenvalue weighted by Crippen LogP contribution is 2.20. The van der Waals surface area contributed by atoms with Gasteiger partial charge in [-0.15, -0.1) is 0 Å². The van der Waals surface area contributed by atoms with Crippen LogP contribution in [-0.2, 0) is 5.75 Å². The molecule has 0 aliphatic rings. The summed E-state index contributed by atoms with van der Waals surface area (Å²) < 4.78 is 26.3. The number of benzene rings is 2. The van der Waals surface area contributed by atoms with Crippen LogP contribution in [0.25, 0.3) is 0 Å². The first kappa shape index (κ1) is 15.0. The number of amidine groups is 1. The third-order valence-electron chi connectivity index (χ3n) is 2.53. The maximum atomic E-state index is 13.5. The smallest absolute Gasteiger partial charge is 0.183 e. The van der Waals surface area contributed by atoms with Gasteiger partial charge >= 0.3 is 0 Å². The molecule has 0 atom stereocenters. The van der Waals surface area contributed by atoms with E-state index in [0.29, 0.717) is 5.75 Å². The number of hydrogen-bond donors (Lipinski definition) is 1. The van der Waals surface area contributed by atoms with E-state index in [-0.39, 0.29) is 16.7 Å². The molecule has 21 heavy (non-hydrogen) atoms. The Kier molecular flexibility index (Phi) is 5.29. The van der Waals surface area contributed by atoms with Gasteiger partial charge in [-0.1, -0.05) is 36.0 Å². The second kappa shape index (κ2) is 7.41. The van der Waals surface area contributed by atoms with Crippen LogP contribution >= 0.6 is 11.8 Å². The van der Waals surface area contributed by atoms with Gasteiger partial charge in [-0.3, -0.25) is 5.32 Å². The maximum absolute atomic E-state index is 13.5. The third kappa shape index (κ3) is 4.58. The van der Waals surface area contributed by atoms with Crippen molar-refractivity contribution >= 4 is 22.6 Å². The second-order valence-corrected chi connectivity index (χ2v) is 4.98. The van der Waals surface area contributed by atoms with Crippen LogP contribution in [-0.4, -0.2) is 5.17 Å². The Balaban J connectivity index is 2.11. The molecule has 0 aliphatic carbocycles. The lowest BCUT2D eigenvalue weighted by Crippen LogP contribution is -2.13. The molecule has 0 radical (unpaired) electrons. The fourth-order valence-corrected chi connectivity index (χ4v) is 2.30. The topological polar surface area (TPSA) is 48.2 Å². The van der Waals surface area contributed by atoms with Crippen LogP contribution in [0.5, 0.6) is 0 Å². The molecule has 2 rings (SSSR count). The summed E-state index contributed by atoms with van der Waals surface area (Å²) in [6.45, 7) is 0. The van der Waals surface area contributed by atoms with Crippen molar-refractivity contribution in [2.45, 2.75) is 5.75 Å². The molecule has 0 heterocycles. The number of hydrogen-bond acceptors (Lipinski definition) is 3. The van der Waals surface area contributed by atoms with Crippen molar-refractivity contribution in [1.29, 1.82) is 5.26 Å². The molecule has 0 saturated heterocycles. The Morgan fingerprint density at radius 3 is 2.52 bits per heavy atom. The SMILES string of the molecule is N#CNC(=Nc1ccccc1F)SCc1ccc(F)cc1. The van der Waals surface area contributed by atoms with Crippen molar-refractivity contribution in [3.05, 3.63) is 65.7 Å². The molecular formula is C15H11F2N3S. The van der Waals surface area contributed by atoms with Crippen LogP contribution in [0.2, 0.25) is 0 Å². The standard InChI is InChI=1S/C15H11F2N3S/c16-12-7-5-11(6-8-12)9-21-15(19-10-18)20-14-4-2-1-3-13(14)17/h1-8H,9H2,(H,19,20). The molecule has 0 amide bonds. The first-order chi connectivity index (χ1) is 10.2. The number of nitrogens with zero attached hydrogens (tertiary/aromatic N) is 2. The molecule has 3 nitrogen and oxygen atoms in total. The number of nitriles is 1. The number of halogens is 2. The van der Waals surface area contributed by atoms with Crippen molar-refractivity contribution in [3.63, 3.8) is 0 Å². The quantitative estimate of drug-likeness (QED) is 0.404. The summed E-state index contributed by atoms with van der Waals surface area (Å²) in [4.78, 5) is 4.08. The van der Waals surface area contributed by atoms with E-state index in [9.17, 15) is 8.78 Å². The molecule has 0 saturated carbocycles. The summed E-state index contributed by atoms with van der Waals surface area (Å²) in [5, 5.41) is 11.4. The lowest BCUT2D eigenvalue weighted by Gasteiger charge is -2.05. The summed E-state index contributed by atoms with van der Waals surface area (Å²) in [7, 11) is 0. The van der Waals surface area contributed by atoms with Gasteiger partial charge in [-0.25, -0.2) is 13.8 Å². The number of thioether (sulfide) groups is 1. The normalized spacial score (nSPS) is 11.0. The van der Waals surface area contributed by atoms with Gasteiger partial charge in [0, 0.05) is 5.75 Å². The zero-order valence-electron chi connectivity index (χ0n) is 10.9. The fourth-order valence-electron chi connectivity index (χ4n) is 1.53. The largest absolute Gasteiger partial charge is 0.271 e. The van der Waals surface area contributed by atoms with Crippen LogP contribution < -0.4 is 5.32 Å². The van der Waals surface area contributed by atoms with Crippen molar-refractivity contribution in [1.82, 2.24) is 5.32 Å². The average Bonchev–Trinajstić information content (AvgIpc) is 2.49. The Morgan fingerprint density at radius 2 is 1.86 bits per heavy atom. The molecule has 0 aromatic heterocycles. The molecule has 106 valence electrons. The van der Waals surface area contributed by atoms with E-state index in [1.54, 1.807) is 30.5 Å². The second-order valence-electron chi connectivity index (χ2n) is 4.02. The summed E-state index contributed by atoms with van der Waals surface area (Å²) in [5.41, 5.74) is 1.03. The van der Waals surface area contributed by atoms with Crippen molar-refractivity contribution < 1.29 is 8.78 Å². The van der Waals surface area contributed by atoms with Gasteiger partial charge in [0.1, 0.15) is 17.3 Å². The van der Waals surface area contributed by atoms with Crippen LogP contribution in [0.4, 0.5) is 14.5 Å². The molecule has 0 fully saturated rings. The van der Waals surface area contributed by atoms with E-state index in [1.807, 2.05) is 0 Å².